The molecule has 0 saturated carbocycles. The Morgan fingerprint density at radius 1 is 1.24 bits per heavy atom. The lowest BCUT2D eigenvalue weighted by atomic mass is 9.93. The second-order valence-corrected chi connectivity index (χ2v) is 10.6. The van der Waals surface area contributed by atoms with Gasteiger partial charge in [0.05, 0.1) is 11.6 Å². The number of aromatic nitrogens is 1. The molecule has 1 N–H and O–H groups in total. The fraction of sp³-hybridized carbons (Fsp3) is 0.519. The van der Waals surface area contributed by atoms with Crippen LogP contribution in [-0.4, -0.2) is 107 Å². The van der Waals surface area contributed by atoms with E-state index in [0.717, 1.165) is 6.42 Å². The van der Waals surface area contributed by atoms with Crippen molar-refractivity contribution in [1.82, 2.24) is 19.7 Å². The summed E-state index contributed by atoms with van der Waals surface area (Å²) in [6, 6.07) is 5.90. The van der Waals surface area contributed by atoms with Crippen molar-refractivity contribution in [2.75, 3.05) is 58.0 Å². The molecule has 2 unspecified atom stereocenters. The summed E-state index contributed by atoms with van der Waals surface area (Å²) in [4.78, 5) is 37.0. The molecule has 0 spiro atoms. The highest BCUT2D eigenvalue weighted by Crippen LogP contribution is 2.48. The molecule has 2 amide bonds. The SMILES string of the molecule is CN(CCF)C1CCN(c2c(-c3ccccc3F)ncc3c2OCC2CN(C(=O)O)CCN2C3=O)C1(C)C. The standard InChI is InChI=1S/C27H33F2N5O4/c1-27(2)21(31(3)11-9-28)8-10-34(27)23-22(18-6-4-5-7-20(18)29)30-14-19-24(23)38-16-17-15-32(26(36)37)12-13-33(17)25(19)35/h4-7,14,17,21H,8-13,15-16H2,1-3H3,(H,36,37). The minimum atomic E-state index is -1.04. The number of alkyl halides is 1. The number of carbonyl (C=O) groups excluding carboxylic acids is 1. The molecule has 11 heteroatoms. The molecule has 204 valence electrons. The molecule has 0 aliphatic carbocycles. The van der Waals surface area contributed by atoms with E-state index in [0.29, 0.717) is 30.2 Å². The van der Waals surface area contributed by atoms with Crippen LogP contribution in [0.5, 0.6) is 5.75 Å². The van der Waals surface area contributed by atoms with Crippen LogP contribution in [0.2, 0.25) is 0 Å². The van der Waals surface area contributed by atoms with Gasteiger partial charge in [0.2, 0.25) is 0 Å². The van der Waals surface area contributed by atoms with Crippen LogP contribution in [0.15, 0.2) is 30.5 Å². The molecule has 3 aliphatic rings. The Hall–Kier alpha value is -3.47. The lowest BCUT2D eigenvalue weighted by Gasteiger charge is -2.42. The number of piperazine rings is 1. The molecule has 2 atom stereocenters. The Morgan fingerprint density at radius 3 is 2.71 bits per heavy atom. The molecule has 3 aliphatic heterocycles. The van der Waals surface area contributed by atoms with Crippen molar-refractivity contribution in [3.05, 3.63) is 41.8 Å². The number of benzene rings is 1. The summed E-state index contributed by atoms with van der Waals surface area (Å²) in [5.74, 6) is -0.412. The maximum atomic E-state index is 15.1. The molecule has 9 nitrogen and oxygen atoms in total. The van der Waals surface area contributed by atoms with Crippen LogP contribution in [0.25, 0.3) is 11.3 Å². The van der Waals surface area contributed by atoms with Crippen LogP contribution in [0.3, 0.4) is 0 Å². The van der Waals surface area contributed by atoms with Crippen molar-refractivity contribution in [2.24, 2.45) is 0 Å². The van der Waals surface area contributed by atoms with Gasteiger partial charge in [0.15, 0.2) is 5.75 Å². The summed E-state index contributed by atoms with van der Waals surface area (Å²) in [7, 11) is 1.89. The molecule has 0 bridgehead atoms. The molecule has 0 radical (unpaired) electrons. The van der Waals surface area contributed by atoms with E-state index in [1.807, 2.05) is 11.9 Å². The van der Waals surface area contributed by atoms with Gasteiger partial charge in [0.1, 0.15) is 36.0 Å². The number of hydrogen-bond acceptors (Lipinski definition) is 6. The Kier molecular flexibility index (Phi) is 6.89. The highest BCUT2D eigenvalue weighted by atomic mass is 19.1. The zero-order chi connectivity index (χ0) is 27.2. The third-order valence-electron chi connectivity index (χ3n) is 8.18. The summed E-state index contributed by atoms with van der Waals surface area (Å²) >= 11 is 0. The van der Waals surface area contributed by atoms with Crippen LogP contribution in [0.4, 0.5) is 19.3 Å². The summed E-state index contributed by atoms with van der Waals surface area (Å²) in [6.07, 6.45) is 1.13. The van der Waals surface area contributed by atoms with Gasteiger partial charge < -0.3 is 24.5 Å². The first kappa shape index (κ1) is 26.1. The highest BCUT2D eigenvalue weighted by molar-refractivity contribution is 6.01. The second-order valence-electron chi connectivity index (χ2n) is 10.6. The van der Waals surface area contributed by atoms with Crippen molar-refractivity contribution < 1.29 is 28.2 Å². The molecule has 1 aromatic heterocycles. The van der Waals surface area contributed by atoms with Gasteiger partial charge in [-0.3, -0.25) is 14.7 Å². The first-order chi connectivity index (χ1) is 18.1. The monoisotopic (exact) mass is 529 g/mol. The molecule has 2 saturated heterocycles. The Balaban J connectivity index is 1.64. The van der Waals surface area contributed by atoms with Crippen molar-refractivity contribution in [2.45, 2.75) is 37.9 Å². The molecular weight excluding hydrogens is 496 g/mol. The number of likely N-dealkylation sites (N-methyl/N-ethyl adjacent to an activating group) is 1. The fourth-order valence-electron chi connectivity index (χ4n) is 6.18. The van der Waals surface area contributed by atoms with Gasteiger partial charge in [-0.2, -0.15) is 0 Å². The van der Waals surface area contributed by atoms with Gasteiger partial charge in [-0.05, 0) is 39.4 Å². The van der Waals surface area contributed by atoms with Gasteiger partial charge in [0, 0.05) is 50.5 Å². The van der Waals surface area contributed by atoms with Crippen LogP contribution in [-0.2, 0) is 0 Å². The second kappa shape index (κ2) is 10.0. The van der Waals surface area contributed by atoms with E-state index in [9.17, 15) is 19.1 Å². The number of carbonyl (C=O) groups is 2. The predicted molar refractivity (Wildman–Crippen MR) is 138 cm³/mol. The van der Waals surface area contributed by atoms with E-state index in [1.165, 1.54) is 17.2 Å². The number of carboxylic acid groups (broad SMARTS) is 1. The first-order valence-corrected chi connectivity index (χ1v) is 12.9. The third-order valence-corrected chi connectivity index (χ3v) is 8.18. The topological polar surface area (TPSA) is 89.4 Å². The summed E-state index contributed by atoms with van der Waals surface area (Å²) < 4.78 is 34.7. The fourth-order valence-corrected chi connectivity index (χ4v) is 6.18. The molecule has 4 heterocycles. The lowest BCUT2D eigenvalue weighted by molar-refractivity contribution is 0.0390. The van der Waals surface area contributed by atoms with Crippen molar-refractivity contribution in [3.63, 3.8) is 0 Å². The van der Waals surface area contributed by atoms with Gasteiger partial charge in [-0.1, -0.05) is 12.1 Å². The van der Waals surface area contributed by atoms with Crippen LogP contribution in [0, 0.1) is 5.82 Å². The zero-order valence-corrected chi connectivity index (χ0v) is 21.9. The van der Waals surface area contributed by atoms with Gasteiger partial charge in [-0.15, -0.1) is 0 Å². The number of ether oxygens (including phenoxy) is 1. The van der Waals surface area contributed by atoms with E-state index in [2.05, 4.69) is 23.7 Å². The molecule has 2 fully saturated rings. The molecule has 1 aromatic carbocycles. The highest BCUT2D eigenvalue weighted by Gasteiger charge is 2.47. The number of halogens is 2. The number of nitrogens with zero attached hydrogens (tertiary/aromatic N) is 5. The number of amides is 2. The smallest absolute Gasteiger partial charge is 0.407 e. The summed E-state index contributed by atoms with van der Waals surface area (Å²) in [5.41, 5.74) is 0.923. The van der Waals surface area contributed by atoms with Crippen molar-refractivity contribution in [1.29, 1.82) is 0 Å². The molecular formula is C27H33F2N5O4. The molecule has 38 heavy (non-hydrogen) atoms. The van der Waals surface area contributed by atoms with Crippen LogP contribution in [0.1, 0.15) is 30.6 Å². The van der Waals surface area contributed by atoms with Crippen molar-refractivity contribution >= 4 is 17.7 Å². The zero-order valence-electron chi connectivity index (χ0n) is 21.9. The maximum Gasteiger partial charge on any atom is 0.407 e. The first-order valence-electron chi connectivity index (χ1n) is 12.9. The quantitative estimate of drug-likeness (QED) is 0.636. The minimum Gasteiger partial charge on any atom is -0.488 e. The van der Waals surface area contributed by atoms with Gasteiger partial charge in [-0.25, -0.2) is 13.6 Å². The predicted octanol–water partition coefficient (Wildman–Crippen LogP) is 3.34. The van der Waals surface area contributed by atoms with E-state index < -0.39 is 30.2 Å². The minimum absolute atomic E-state index is 0.000452. The summed E-state index contributed by atoms with van der Waals surface area (Å²) in [6.45, 7) is 5.20. The van der Waals surface area contributed by atoms with Crippen LogP contribution < -0.4 is 9.64 Å². The largest absolute Gasteiger partial charge is 0.488 e. The normalized spacial score (nSPS) is 22.7. The average molecular weight is 530 g/mol. The Labute approximate surface area is 220 Å². The Bertz CT molecular complexity index is 1240. The number of rotatable bonds is 5. The number of pyridine rings is 1. The van der Waals surface area contributed by atoms with E-state index in [1.54, 1.807) is 23.1 Å². The van der Waals surface area contributed by atoms with E-state index in [-0.39, 0.29) is 49.3 Å². The van der Waals surface area contributed by atoms with E-state index >= 15 is 4.39 Å². The average Bonchev–Trinajstić information content (AvgIpc) is 3.12. The summed E-state index contributed by atoms with van der Waals surface area (Å²) in [5, 5.41) is 9.48. The lowest BCUT2D eigenvalue weighted by Crippen LogP contribution is -2.57. The number of hydrogen-bond donors (Lipinski definition) is 1. The van der Waals surface area contributed by atoms with Gasteiger partial charge in [0.25, 0.3) is 5.91 Å². The van der Waals surface area contributed by atoms with E-state index in [4.69, 9.17) is 4.74 Å². The van der Waals surface area contributed by atoms with Crippen LogP contribution >= 0.6 is 0 Å². The maximum absolute atomic E-state index is 15.1. The third kappa shape index (κ3) is 4.32. The van der Waals surface area contributed by atoms with Gasteiger partial charge >= 0.3 is 6.09 Å². The molecule has 5 rings (SSSR count). The number of anilines is 1. The van der Waals surface area contributed by atoms with Crippen molar-refractivity contribution in [3.8, 4) is 17.0 Å². The Morgan fingerprint density at radius 2 is 2.00 bits per heavy atom. The number of fused-ring (bicyclic) bond motifs is 2. The molecule has 2 aromatic rings.